The summed E-state index contributed by atoms with van der Waals surface area (Å²) in [6.45, 7) is 6.89. The number of primary amides is 1. The molecule has 0 aromatic carbocycles. The predicted octanol–water partition coefficient (Wildman–Crippen LogP) is -0.388. The van der Waals surface area contributed by atoms with Crippen molar-refractivity contribution < 1.29 is 4.79 Å². The molecule has 1 aromatic heterocycles. The lowest BCUT2D eigenvalue weighted by Crippen LogP contribution is -2.30. The van der Waals surface area contributed by atoms with Gasteiger partial charge >= 0.3 is 0 Å². The highest BCUT2D eigenvalue weighted by Crippen LogP contribution is 2.22. The van der Waals surface area contributed by atoms with E-state index < -0.39 is 0 Å². The summed E-state index contributed by atoms with van der Waals surface area (Å²) in [6, 6.07) is 0. The standard InChI is InChI=1S/C12H21N7O/c1-3-18(4-2)11-15-10(14)16-12(17-11)19-6-5-8(7-19)9(13)20/h8H,3-7H2,1-2H3,(H2,13,20)(H2,14,15,16,17). The van der Waals surface area contributed by atoms with Crippen LogP contribution in [0.1, 0.15) is 20.3 Å². The van der Waals surface area contributed by atoms with Gasteiger partial charge in [-0.25, -0.2) is 0 Å². The van der Waals surface area contributed by atoms with Gasteiger partial charge in [0.2, 0.25) is 23.8 Å². The van der Waals surface area contributed by atoms with Gasteiger partial charge in [-0.15, -0.1) is 0 Å². The molecule has 110 valence electrons. The molecule has 2 rings (SSSR count). The van der Waals surface area contributed by atoms with Crippen molar-refractivity contribution in [2.45, 2.75) is 20.3 Å². The van der Waals surface area contributed by atoms with Crippen LogP contribution in [-0.4, -0.2) is 47.0 Å². The van der Waals surface area contributed by atoms with Crippen LogP contribution in [0.3, 0.4) is 0 Å². The molecule has 1 aliphatic heterocycles. The molecule has 0 bridgehead atoms. The molecule has 1 atom stereocenters. The van der Waals surface area contributed by atoms with E-state index in [1.54, 1.807) is 0 Å². The van der Waals surface area contributed by atoms with Crippen LogP contribution in [0.5, 0.6) is 0 Å². The van der Waals surface area contributed by atoms with E-state index in [2.05, 4.69) is 15.0 Å². The van der Waals surface area contributed by atoms with Gasteiger partial charge in [-0.3, -0.25) is 4.79 Å². The van der Waals surface area contributed by atoms with E-state index in [1.807, 2.05) is 23.6 Å². The minimum Gasteiger partial charge on any atom is -0.369 e. The van der Waals surface area contributed by atoms with E-state index in [4.69, 9.17) is 11.5 Å². The van der Waals surface area contributed by atoms with Crippen molar-refractivity contribution in [1.29, 1.82) is 0 Å². The molecule has 1 fully saturated rings. The SMILES string of the molecule is CCN(CC)c1nc(N)nc(N2CCC(C(N)=O)C2)n1. The lowest BCUT2D eigenvalue weighted by Gasteiger charge is -2.21. The van der Waals surface area contributed by atoms with Gasteiger partial charge in [0.15, 0.2) is 0 Å². The number of hydrogen-bond acceptors (Lipinski definition) is 7. The molecule has 20 heavy (non-hydrogen) atoms. The van der Waals surface area contributed by atoms with Crippen LogP contribution in [-0.2, 0) is 4.79 Å². The first-order chi connectivity index (χ1) is 9.55. The first-order valence-corrected chi connectivity index (χ1v) is 6.85. The van der Waals surface area contributed by atoms with Crippen LogP contribution in [0.4, 0.5) is 17.8 Å². The number of rotatable bonds is 5. The molecular weight excluding hydrogens is 258 g/mol. The molecule has 0 radical (unpaired) electrons. The molecule has 8 heteroatoms. The number of nitrogen functional groups attached to an aromatic ring is 1. The summed E-state index contributed by atoms with van der Waals surface area (Å²) in [4.78, 5) is 27.9. The largest absolute Gasteiger partial charge is 0.369 e. The van der Waals surface area contributed by atoms with E-state index in [-0.39, 0.29) is 17.8 Å². The molecule has 1 saturated heterocycles. The van der Waals surface area contributed by atoms with Crippen molar-refractivity contribution in [2.24, 2.45) is 11.7 Å². The lowest BCUT2D eigenvalue weighted by molar-refractivity contribution is -0.121. The summed E-state index contributed by atoms with van der Waals surface area (Å²) >= 11 is 0. The van der Waals surface area contributed by atoms with Crippen molar-refractivity contribution >= 4 is 23.8 Å². The second-order valence-corrected chi connectivity index (χ2v) is 4.80. The predicted molar refractivity (Wildman–Crippen MR) is 77.3 cm³/mol. The van der Waals surface area contributed by atoms with Gasteiger partial charge in [0, 0.05) is 26.2 Å². The van der Waals surface area contributed by atoms with Gasteiger partial charge in [-0.2, -0.15) is 15.0 Å². The quantitative estimate of drug-likeness (QED) is 0.754. The number of hydrogen-bond donors (Lipinski definition) is 2. The molecule has 1 aliphatic rings. The minimum absolute atomic E-state index is 0.148. The summed E-state index contributed by atoms with van der Waals surface area (Å²) in [7, 11) is 0. The van der Waals surface area contributed by atoms with Crippen molar-refractivity contribution in [1.82, 2.24) is 15.0 Å². The topological polar surface area (TPSA) is 114 Å². The maximum absolute atomic E-state index is 11.2. The number of amides is 1. The molecule has 1 aromatic rings. The number of anilines is 3. The number of aromatic nitrogens is 3. The van der Waals surface area contributed by atoms with E-state index in [9.17, 15) is 4.79 Å². The van der Waals surface area contributed by atoms with Crippen molar-refractivity contribution in [3.8, 4) is 0 Å². The fourth-order valence-corrected chi connectivity index (χ4v) is 2.33. The Morgan fingerprint density at radius 2 is 2.05 bits per heavy atom. The molecule has 0 aliphatic carbocycles. The first kappa shape index (κ1) is 14.3. The highest BCUT2D eigenvalue weighted by molar-refractivity contribution is 5.78. The third-order valence-corrected chi connectivity index (χ3v) is 3.55. The van der Waals surface area contributed by atoms with Crippen molar-refractivity contribution in [3.05, 3.63) is 0 Å². The van der Waals surface area contributed by atoms with Crippen LogP contribution in [0, 0.1) is 5.92 Å². The van der Waals surface area contributed by atoms with Crippen molar-refractivity contribution in [2.75, 3.05) is 41.7 Å². The molecule has 4 N–H and O–H groups in total. The normalized spacial score (nSPS) is 18.3. The second-order valence-electron chi connectivity index (χ2n) is 4.80. The summed E-state index contributed by atoms with van der Waals surface area (Å²) in [5.41, 5.74) is 11.1. The zero-order valence-electron chi connectivity index (χ0n) is 11.9. The van der Waals surface area contributed by atoms with Crippen LogP contribution in [0.2, 0.25) is 0 Å². The van der Waals surface area contributed by atoms with Crippen LogP contribution < -0.4 is 21.3 Å². The van der Waals surface area contributed by atoms with E-state index in [0.29, 0.717) is 25.0 Å². The second kappa shape index (κ2) is 5.89. The molecular formula is C12H21N7O. The average Bonchev–Trinajstić information content (AvgIpc) is 2.89. The van der Waals surface area contributed by atoms with E-state index in [0.717, 1.165) is 19.5 Å². The van der Waals surface area contributed by atoms with Crippen LogP contribution in [0.25, 0.3) is 0 Å². The van der Waals surface area contributed by atoms with Gasteiger partial charge in [-0.1, -0.05) is 0 Å². The molecule has 2 heterocycles. The maximum Gasteiger partial charge on any atom is 0.231 e. The molecule has 0 saturated carbocycles. The van der Waals surface area contributed by atoms with Gasteiger partial charge < -0.3 is 21.3 Å². The average molecular weight is 279 g/mol. The first-order valence-electron chi connectivity index (χ1n) is 6.85. The van der Waals surface area contributed by atoms with Crippen LogP contribution in [0.15, 0.2) is 0 Å². The van der Waals surface area contributed by atoms with Crippen molar-refractivity contribution in [3.63, 3.8) is 0 Å². The smallest absolute Gasteiger partial charge is 0.231 e. The van der Waals surface area contributed by atoms with E-state index in [1.165, 1.54) is 0 Å². The lowest BCUT2D eigenvalue weighted by atomic mass is 10.1. The molecule has 1 unspecified atom stereocenters. The highest BCUT2D eigenvalue weighted by Gasteiger charge is 2.28. The Bertz CT molecular complexity index is 489. The molecule has 8 nitrogen and oxygen atoms in total. The number of nitrogens with zero attached hydrogens (tertiary/aromatic N) is 5. The zero-order valence-corrected chi connectivity index (χ0v) is 11.9. The Balaban J connectivity index is 2.22. The fourth-order valence-electron chi connectivity index (χ4n) is 2.33. The fraction of sp³-hybridized carbons (Fsp3) is 0.667. The summed E-state index contributed by atoms with van der Waals surface area (Å²) in [5, 5.41) is 0. The zero-order chi connectivity index (χ0) is 14.7. The number of carbonyl (C=O) groups excluding carboxylic acids is 1. The monoisotopic (exact) mass is 279 g/mol. The van der Waals surface area contributed by atoms with Gasteiger partial charge in [0.25, 0.3) is 0 Å². The minimum atomic E-state index is -0.279. The Morgan fingerprint density at radius 1 is 1.35 bits per heavy atom. The van der Waals surface area contributed by atoms with E-state index >= 15 is 0 Å². The van der Waals surface area contributed by atoms with Gasteiger partial charge in [0.05, 0.1) is 5.92 Å². The highest BCUT2D eigenvalue weighted by atomic mass is 16.1. The number of nitrogens with two attached hydrogens (primary N) is 2. The Labute approximate surface area is 118 Å². The third-order valence-electron chi connectivity index (χ3n) is 3.55. The Morgan fingerprint density at radius 3 is 2.60 bits per heavy atom. The summed E-state index contributed by atoms with van der Waals surface area (Å²) in [5.74, 6) is 0.853. The Hall–Kier alpha value is -2.12. The summed E-state index contributed by atoms with van der Waals surface area (Å²) in [6.07, 6.45) is 0.724. The molecule has 0 spiro atoms. The van der Waals surface area contributed by atoms with Crippen LogP contribution >= 0.6 is 0 Å². The third kappa shape index (κ3) is 2.89. The maximum atomic E-state index is 11.2. The van der Waals surface area contributed by atoms with Gasteiger partial charge in [0.1, 0.15) is 0 Å². The number of carbonyl (C=O) groups is 1. The summed E-state index contributed by atoms with van der Waals surface area (Å²) < 4.78 is 0. The van der Waals surface area contributed by atoms with Gasteiger partial charge in [-0.05, 0) is 20.3 Å². The molecule has 1 amide bonds. The Kier molecular flexibility index (Phi) is 4.21.